The summed E-state index contributed by atoms with van der Waals surface area (Å²) in [6.45, 7) is 1.49. The van der Waals surface area contributed by atoms with Crippen LogP contribution in [0.3, 0.4) is 0 Å². The summed E-state index contributed by atoms with van der Waals surface area (Å²) in [7, 11) is 1.87. The van der Waals surface area contributed by atoms with Crippen molar-refractivity contribution in [3.8, 4) is 0 Å². The fourth-order valence-corrected chi connectivity index (χ4v) is 4.58. The zero-order valence-electron chi connectivity index (χ0n) is 14.4. The molecule has 6 nitrogen and oxygen atoms in total. The second-order valence-corrected chi connectivity index (χ2v) is 7.50. The highest BCUT2D eigenvalue weighted by Gasteiger charge is 2.41. The van der Waals surface area contributed by atoms with Gasteiger partial charge in [-0.3, -0.25) is 14.7 Å². The number of hydrogen-bond donors (Lipinski definition) is 1. The van der Waals surface area contributed by atoms with Crippen molar-refractivity contribution in [3.63, 3.8) is 0 Å². The molecule has 4 rings (SSSR count). The molecule has 3 heterocycles. The molecule has 0 unspecified atom stereocenters. The van der Waals surface area contributed by atoms with Gasteiger partial charge in [0.2, 0.25) is 11.8 Å². The molecule has 0 spiro atoms. The zero-order valence-corrected chi connectivity index (χ0v) is 14.4. The Morgan fingerprint density at radius 2 is 2.17 bits per heavy atom. The van der Waals surface area contributed by atoms with Crippen molar-refractivity contribution in [1.29, 1.82) is 0 Å². The normalized spacial score (nSPS) is 26.5. The van der Waals surface area contributed by atoms with Gasteiger partial charge in [0.25, 0.3) is 0 Å². The van der Waals surface area contributed by atoms with E-state index in [0.29, 0.717) is 25.3 Å². The lowest BCUT2D eigenvalue weighted by Crippen LogP contribution is -2.49. The number of piperidine rings is 1. The third-order valence-electron chi connectivity index (χ3n) is 6.12. The Hall–Kier alpha value is -1.85. The molecule has 3 aliphatic rings. The third kappa shape index (κ3) is 2.72. The van der Waals surface area contributed by atoms with E-state index >= 15 is 0 Å². The number of aromatic amines is 1. The number of amides is 2. The second-order valence-electron chi connectivity index (χ2n) is 7.50. The van der Waals surface area contributed by atoms with Gasteiger partial charge in [-0.05, 0) is 43.6 Å². The first-order chi connectivity index (χ1) is 11.6. The Kier molecular flexibility index (Phi) is 4.06. The summed E-state index contributed by atoms with van der Waals surface area (Å²) in [5, 5.41) is 7.59. The molecule has 1 N–H and O–H groups in total. The van der Waals surface area contributed by atoms with Crippen LogP contribution in [-0.2, 0) is 28.9 Å². The molecule has 0 bridgehead atoms. The number of aryl methyl sites for hydroxylation is 2. The van der Waals surface area contributed by atoms with Gasteiger partial charge in [0.1, 0.15) is 0 Å². The van der Waals surface area contributed by atoms with E-state index in [4.69, 9.17) is 0 Å². The quantitative estimate of drug-likeness (QED) is 0.908. The van der Waals surface area contributed by atoms with Crippen LogP contribution >= 0.6 is 0 Å². The summed E-state index contributed by atoms with van der Waals surface area (Å²) < 4.78 is 0. The van der Waals surface area contributed by atoms with Crippen molar-refractivity contribution >= 4 is 11.8 Å². The molecule has 2 fully saturated rings. The molecule has 2 amide bonds. The Morgan fingerprint density at radius 1 is 1.33 bits per heavy atom. The number of aromatic nitrogens is 2. The Morgan fingerprint density at radius 3 is 3.04 bits per heavy atom. The maximum atomic E-state index is 12.6. The molecule has 1 aromatic heterocycles. The number of fused-ring (bicyclic) bond motifs is 2. The van der Waals surface area contributed by atoms with Crippen LogP contribution in [0.5, 0.6) is 0 Å². The van der Waals surface area contributed by atoms with Crippen LogP contribution in [0.1, 0.15) is 49.1 Å². The molecule has 130 valence electrons. The van der Waals surface area contributed by atoms with Gasteiger partial charge in [0.05, 0.1) is 11.7 Å². The van der Waals surface area contributed by atoms with Gasteiger partial charge < -0.3 is 9.80 Å². The number of nitrogens with zero attached hydrogens (tertiary/aromatic N) is 3. The zero-order chi connectivity index (χ0) is 16.7. The highest BCUT2D eigenvalue weighted by Crippen LogP contribution is 2.31. The van der Waals surface area contributed by atoms with Crippen LogP contribution in [0.25, 0.3) is 0 Å². The van der Waals surface area contributed by atoms with Gasteiger partial charge >= 0.3 is 0 Å². The van der Waals surface area contributed by atoms with Gasteiger partial charge in [-0.1, -0.05) is 0 Å². The molecular weight excluding hydrogens is 304 g/mol. The van der Waals surface area contributed by atoms with Gasteiger partial charge in [0.15, 0.2) is 0 Å². The van der Waals surface area contributed by atoms with Crippen molar-refractivity contribution in [1.82, 2.24) is 20.0 Å². The fraction of sp³-hybridized carbons (Fsp3) is 0.722. The maximum absolute atomic E-state index is 12.6. The molecule has 1 aliphatic carbocycles. The minimum absolute atomic E-state index is 0.203. The van der Waals surface area contributed by atoms with E-state index < -0.39 is 0 Å². The van der Waals surface area contributed by atoms with Gasteiger partial charge in [-0.2, -0.15) is 5.10 Å². The third-order valence-corrected chi connectivity index (χ3v) is 6.12. The van der Waals surface area contributed by atoms with Gasteiger partial charge in [-0.25, -0.2) is 0 Å². The largest absolute Gasteiger partial charge is 0.341 e. The highest BCUT2D eigenvalue weighted by molar-refractivity contribution is 5.80. The number of likely N-dealkylation sites (tertiary alicyclic amines) is 2. The summed E-state index contributed by atoms with van der Waals surface area (Å²) in [6.07, 6.45) is 7.49. The molecule has 0 radical (unpaired) electrons. The number of H-pyrrole nitrogens is 1. The first kappa shape index (κ1) is 15.7. The van der Waals surface area contributed by atoms with Crippen molar-refractivity contribution in [3.05, 3.63) is 17.0 Å². The van der Waals surface area contributed by atoms with Crippen LogP contribution in [0, 0.1) is 5.92 Å². The average molecular weight is 330 g/mol. The van der Waals surface area contributed by atoms with Crippen molar-refractivity contribution in [2.75, 3.05) is 20.1 Å². The van der Waals surface area contributed by atoms with E-state index in [2.05, 4.69) is 10.2 Å². The molecule has 0 aromatic carbocycles. The Balaban J connectivity index is 1.35. The first-order valence-electron chi connectivity index (χ1n) is 9.22. The predicted molar refractivity (Wildman–Crippen MR) is 89.4 cm³/mol. The fourth-order valence-electron chi connectivity index (χ4n) is 4.58. The first-order valence-corrected chi connectivity index (χ1v) is 9.22. The van der Waals surface area contributed by atoms with E-state index in [-0.39, 0.29) is 17.9 Å². The summed E-state index contributed by atoms with van der Waals surface area (Å²) in [6, 6.07) is 0.216. The highest BCUT2D eigenvalue weighted by atomic mass is 16.2. The summed E-state index contributed by atoms with van der Waals surface area (Å²) in [5.74, 6) is 0.862. The van der Waals surface area contributed by atoms with E-state index in [1.54, 1.807) is 0 Å². The Labute approximate surface area is 142 Å². The second kappa shape index (κ2) is 6.22. The number of rotatable bonds is 3. The lowest BCUT2D eigenvalue weighted by atomic mass is 9.91. The van der Waals surface area contributed by atoms with Crippen molar-refractivity contribution < 1.29 is 9.59 Å². The van der Waals surface area contributed by atoms with E-state index in [0.717, 1.165) is 37.9 Å². The Bertz CT molecular complexity index is 653. The lowest BCUT2D eigenvalue weighted by Gasteiger charge is -2.37. The molecule has 2 saturated heterocycles. The standard InChI is InChI=1S/C18H26N4O2/c1-21-16-11-22(9-8-12(16)10-18(21)24)17(23)7-6-15-13-4-2-3-5-14(13)19-20-15/h12,16H,2-11H2,1H3,(H,19,20)/t12-,16-/m1/s1. The average Bonchev–Trinajstić information content (AvgIpc) is 3.14. The number of nitrogens with one attached hydrogen (secondary N) is 1. The van der Waals surface area contributed by atoms with Crippen LogP contribution in [-0.4, -0.2) is 58.0 Å². The summed E-state index contributed by atoms with van der Waals surface area (Å²) in [4.78, 5) is 28.3. The summed E-state index contributed by atoms with van der Waals surface area (Å²) in [5.41, 5.74) is 3.71. The molecular formula is C18H26N4O2. The minimum atomic E-state index is 0.203. The van der Waals surface area contributed by atoms with Gasteiger partial charge in [-0.15, -0.1) is 0 Å². The smallest absolute Gasteiger partial charge is 0.223 e. The molecule has 0 saturated carbocycles. The van der Waals surface area contributed by atoms with E-state index in [9.17, 15) is 9.59 Å². The SMILES string of the molecule is CN1C(=O)C[C@H]2CCN(C(=O)CCc3n[nH]c4c3CCCC4)C[C@H]21. The number of carbonyl (C=O) groups is 2. The summed E-state index contributed by atoms with van der Waals surface area (Å²) >= 11 is 0. The topological polar surface area (TPSA) is 69.3 Å². The van der Waals surface area contributed by atoms with Gasteiger partial charge in [0, 0.05) is 45.1 Å². The lowest BCUT2D eigenvalue weighted by molar-refractivity contribution is -0.135. The predicted octanol–water partition coefficient (Wildman–Crippen LogP) is 1.30. The monoisotopic (exact) mass is 330 g/mol. The molecule has 24 heavy (non-hydrogen) atoms. The van der Waals surface area contributed by atoms with Crippen LogP contribution in [0.15, 0.2) is 0 Å². The number of hydrogen-bond acceptors (Lipinski definition) is 3. The molecule has 2 aliphatic heterocycles. The van der Waals surface area contributed by atoms with Crippen molar-refractivity contribution in [2.45, 2.75) is 57.4 Å². The number of carbonyl (C=O) groups excluding carboxylic acids is 2. The van der Waals surface area contributed by atoms with Crippen molar-refractivity contribution in [2.24, 2.45) is 5.92 Å². The molecule has 6 heteroatoms. The van der Waals surface area contributed by atoms with E-state index in [1.165, 1.54) is 24.1 Å². The molecule has 1 aromatic rings. The minimum Gasteiger partial charge on any atom is -0.341 e. The van der Waals surface area contributed by atoms with E-state index in [1.807, 2.05) is 16.8 Å². The maximum Gasteiger partial charge on any atom is 0.223 e. The van der Waals surface area contributed by atoms with Crippen LogP contribution < -0.4 is 0 Å². The van der Waals surface area contributed by atoms with Crippen LogP contribution in [0.4, 0.5) is 0 Å². The number of likely N-dealkylation sites (N-methyl/N-ethyl adjacent to an activating group) is 1. The molecule has 2 atom stereocenters. The van der Waals surface area contributed by atoms with Crippen LogP contribution in [0.2, 0.25) is 0 Å².